The van der Waals surface area contributed by atoms with Crippen LogP contribution in [0.5, 0.6) is 0 Å². The molecule has 0 amide bonds. The number of benzene rings is 2. The van der Waals surface area contributed by atoms with Crippen molar-refractivity contribution < 1.29 is 13.2 Å². The lowest BCUT2D eigenvalue weighted by atomic mass is 9.76. The fraction of sp³-hybridized carbons (Fsp3) is 0.409. The minimum absolute atomic E-state index is 0.0747. The highest BCUT2D eigenvalue weighted by atomic mass is 19.1. The van der Waals surface area contributed by atoms with Crippen LogP contribution in [0.2, 0.25) is 0 Å². The lowest BCUT2D eigenvalue weighted by molar-refractivity contribution is 0.304. The van der Waals surface area contributed by atoms with Gasteiger partial charge < -0.3 is 0 Å². The van der Waals surface area contributed by atoms with Crippen LogP contribution in [-0.4, -0.2) is 0 Å². The molecule has 1 saturated carbocycles. The number of nitriles is 1. The molecule has 3 rings (SSSR count). The zero-order valence-corrected chi connectivity index (χ0v) is 14.9. The van der Waals surface area contributed by atoms with E-state index in [1.54, 1.807) is 6.07 Å². The molecule has 0 heterocycles. The molecular weight excluding hydrogens is 335 g/mol. The van der Waals surface area contributed by atoms with E-state index in [4.69, 9.17) is 5.26 Å². The molecule has 0 spiro atoms. The number of rotatable bonds is 4. The summed E-state index contributed by atoms with van der Waals surface area (Å²) >= 11 is 0. The van der Waals surface area contributed by atoms with E-state index in [0.717, 1.165) is 38.2 Å². The molecule has 0 unspecified atom stereocenters. The van der Waals surface area contributed by atoms with Crippen molar-refractivity contribution in [1.82, 2.24) is 0 Å². The van der Waals surface area contributed by atoms with Crippen molar-refractivity contribution >= 4 is 0 Å². The van der Waals surface area contributed by atoms with Gasteiger partial charge in [-0.1, -0.05) is 31.9 Å². The Bertz CT molecular complexity index is 830. The first-order valence-corrected chi connectivity index (χ1v) is 9.23. The van der Waals surface area contributed by atoms with Gasteiger partial charge in [-0.25, -0.2) is 13.2 Å². The Morgan fingerprint density at radius 2 is 1.73 bits per heavy atom. The highest BCUT2D eigenvalue weighted by molar-refractivity contribution is 5.67. The van der Waals surface area contributed by atoms with Crippen LogP contribution >= 0.6 is 0 Å². The van der Waals surface area contributed by atoms with Crippen molar-refractivity contribution in [2.75, 3.05) is 0 Å². The standard InChI is InChI=1S/C22H22F3N/c1-2-3-14-4-6-15(7-5-14)18-10-11-19(23)21(22(18)25)16-8-9-17(13-26)20(24)12-16/h8-12,14-15H,2-7H2,1H3. The summed E-state index contributed by atoms with van der Waals surface area (Å²) in [5.41, 5.74) is 0.292. The van der Waals surface area contributed by atoms with Crippen LogP contribution < -0.4 is 0 Å². The van der Waals surface area contributed by atoms with Crippen LogP contribution in [0.4, 0.5) is 13.2 Å². The maximum atomic E-state index is 15.1. The highest BCUT2D eigenvalue weighted by Gasteiger charge is 2.26. The van der Waals surface area contributed by atoms with Crippen molar-refractivity contribution in [2.24, 2.45) is 5.92 Å². The Kier molecular flexibility index (Phi) is 5.66. The van der Waals surface area contributed by atoms with Gasteiger partial charge in [-0.05, 0) is 66.8 Å². The van der Waals surface area contributed by atoms with Crippen LogP contribution in [-0.2, 0) is 0 Å². The van der Waals surface area contributed by atoms with Crippen molar-refractivity contribution in [3.63, 3.8) is 0 Å². The summed E-state index contributed by atoms with van der Waals surface area (Å²) in [4.78, 5) is 0. The average molecular weight is 357 g/mol. The SMILES string of the molecule is CCCC1CCC(c2ccc(F)c(-c3ccc(C#N)c(F)c3)c2F)CC1. The van der Waals surface area contributed by atoms with E-state index in [9.17, 15) is 8.78 Å². The maximum Gasteiger partial charge on any atom is 0.141 e. The molecule has 0 radical (unpaired) electrons. The fourth-order valence-corrected chi connectivity index (χ4v) is 4.08. The number of hydrogen-bond donors (Lipinski definition) is 0. The smallest absolute Gasteiger partial charge is 0.141 e. The van der Waals surface area contributed by atoms with Crippen LogP contribution in [0.25, 0.3) is 11.1 Å². The number of halogens is 3. The molecule has 136 valence electrons. The number of nitrogens with zero attached hydrogens (tertiary/aromatic N) is 1. The van der Waals surface area contributed by atoms with E-state index in [1.165, 1.54) is 30.7 Å². The molecule has 0 aliphatic heterocycles. The van der Waals surface area contributed by atoms with Gasteiger partial charge in [0, 0.05) is 0 Å². The third-order valence-electron chi connectivity index (χ3n) is 5.48. The van der Waals surface area contributed by atoms with Crippen LogP contribution in [0.3, 0.4) is 0 Å². The first kappa shape index (κ1) is 18.5. The van der Waals surface area contributed by atoms with Crippen molar-refractivity contribution in [1.29, 1.82) is 5.26 Å². The Labute approximate surface area is 152 Å². The molecule has 1 aliphatic rings. The molecule has 26 heavy (non-hydrogen) atoms. The summed E-state index contributed by atoms with van der Waals surface area (Å²) in [7, 11) is 0. The largest absolute Gasteiger partial charge is 0.206 e. The van der Waals surface area contributed by atoms with E-state index in [0.29, 0.717) is 11.5 Å². The first-order chi connectivity index (χ1) is 12.5. The third kappa shape index (κ3) is 3.62. The predicted molar refractivity (Wildman–Crippen MR) is 96.1 cm³/mol. The van der Waals surface area contributed by atoms with E-state index < -0.39 is 17.5 Å². The molecule has 0 bridgehead atoms. The second kappa shape index (κ2) is 7.95. The Morgan fingerprint density at radius 3 is 2.35 bits per heavy atom. The average Bonchev–Trinajstić information content (AvgIpc) is 2.63. The van der Waals surface area contributed by atoms with Gasteiger partial charge in [0.2, 0.25) is 0 Å². The second-order valence-electron chi connectivity index (χ2n) is 7.14. The molecule has 2 aromatic carbocycles. The molecular formula is C22H22F3N. The van der Waals surface area contributed by atoms with Crippen LogP contribution in [0.1, 0.15) is 62.5 Å². The van der Waals surface area contributed by atoms with Crippen molar-refractivity contribution in [3.05, 3.63) is 58.9 Å². The minimum Gasteiger partial charge on any atom is -0.206 e. The van der Waals surface area contributed by atoms with Crippen molar-refractivity contribution in [3.8, 4) is 17.2 Å². The van der Waals surface area contributed by atoms with Crippen LogP contribution in [0.15, 0.2) is 30.3 Å². The van der Waals surface area contributed by atoms with Gasteiger partial charge in [0.25, 0.3) is 0 Å². The summed E-state index contributed by atoms with van der Waals surface area (Å²) in [6.07, 6.45) is 6.29. The summed E-state index contributed by atoms with van der Waals surface area (Å²) in [5, 5.41) is 8.82. The Balaban J connectivity index is 1.93. The minimum atomic E-state index is -0.769. The summed E-state index contributed by atoms with van der Waals surface area (Å²) in [6.45, 7) is 2.18. The van der Waals surface area contributed by atoms with E-state index in [1.807, 2.05) is 0 Å². The molecule has 2 aromatic rings. The molecule has 1 fully saturated rings. The van der Waals surface area contributed by atoms with Gasteiger partial charge in [-0.3, -0.25) is 0 Å². The summed E-state index contributed by atoms with van der Waals surface area (Å²) < 4.78 is 43.4. The summed E-state index contributed by atoms with van der Waals surface area (Å²) in [5.74, 6) is -1.31. The highest BCUT2D eigenvalue weighted by Crippen LogP contribution is 2.40. The Morgan fingerprint density at radius 1 is 1.00 bits per heavy atom. The molecule has 0 aromatic heterocycles. The normalized spacial score (nSPS) is 20.0. The molecule has 4 heteroatoms. The predicted octanol–water partition coefficient (Wildman–Crippen LogP) is 6.72. The van der Waals surface area contributed by atoms with Crippen LogP contribution in [0, 0.1) is 34.7 Å². The van der Waals surface area contributed by atoms with Gasteiger partial charge in [-0.2, -0.15) is 5.26 Å². The monoisotopic (exact) mass is 357 g/mol. The van der Waals surface area contributed by atoms with Crippen molar-refractivity contribution in [2.45, 2.75) is 51.4 Å². The van der Waals surface area contributed by atoms with E-state index >= 15 is 4.39 Å². The topological polar surface area (TPSA) is 23.8 Å². The maximum absolute atomic E-state index is 15.1. The number of hydrogen-bond acceptors (Lipinski definition) is 1. The second-order valence-corrected chi connectivity index (χ2v) is 7.14. The zero-order valence-electron chi connectivity index (χ0n) is 14.9. The van der Waals surface area contributed by atoms with Gasteiger partial charge in [0.1, 0.15) is 23.5 Å². The molecule has 1 aliphatic carbocycles. The van der Waals surface area contributed by atoms with Gasteiger partial charge in [0.15, 0.2) is 0 Å². The molecule has 1 nitrogen and oxygen atoms in total. The van der Waals surface area contributed by atoms with E-state index in [-0.39, 0.29) is 22.6 Å². The third-order valence-corrected chi connectivity index (χ3v) is 5.48. The fourth-order valence-electron chi connectivity index (χ4n) is 4.08. The van der Waals surface area contributed by atoms with Gasteiger partial charge in [-0.15, -0.1) is 0 Å². The lowest BCUT2D eigenvalue weighted by Gasteiger charge is -2.29. The lowest BCUT2D eigenvalue weighted by Crippen LogP contribution is -2.14. The zero-order chi connectivity index (χ0) is 18.7. The quantitative estimate of drug-likeness (QED) is 0.596. The Hall–Kier alpha value is -2.28. The van der Waals surface area contributed by atoms with Gasteiger partial charge in [0.05, 0.1) is 11.1 Å². The first-order valence-electron chi connectivity index (χ1n) is 9.23. The van der Waals surface area contributed by atoms with E-state index in [2.05, 4.69) is 6.92 Å². The van der Waals surface area contributed by atoms with Gasteiger partial charge >= 0.3 is 0 Å². The molecule has 0 N–H and O–H groups in total. The molecule has 0 saturated heterocycles. The summed E-state index contributed by atoms with van der Waals surface area (Å²) in [6, 6.07) is 8.19. The molecule has 0 atom stereocenters.